The number of carboxylic acid groups (broad SMARTS) is 1. The van der Waals surface area contributed by atoms with E-state index in [2.05, 4.69) is 72.0 Å². The molecule has 137 heavy (non-hydrogen) atoms. The molecular weight excluding hydrogens is 2000 g/mol. The van der Waals surface area contributed by atoms with Crippen LogP contribution in [0.1, 0.15) is 190 Å². The standard InChI is InChI=1S/C29H32Cl2N4O2S.C22H20Cl2N2O2S.C20H16Cl2N2O2S.C16H14Cl2N2S.C9H18N2O.C6H9ClO3/c1-6-22-15-16-23(26(36)33(4)5)35(22)27(37)24-17(2)34-25(18-7-11-20(30)12-8-18)29(3,32-28(34)38-24)19-9-13-21(31)14-10-19;1-4-28-20(27)18-13(2)26-19(14-5-9-16(23)10-6-14)22(3,25-21(26)29-18)15-7-11-17(24)12-8-15;1-11-16(18(25)26)27-19-23-20(2,13-5-9-15(22)10-6-13)17(24(11)19)12-3-7-14(21)8-4-12;1-16(11-4-8-13(18)9-5-11)14(19-15(21)20-16)10-2-6-12(17)7-3-10;1-4-7-5-6-8(10-7)9(12)11(2)3;1-3-10-6(9)5(7)4(2)8/h7-14,22-23,25H,6,15-16H2,1-5H3;5-12,19H,4H2,1-3H3;3-10,17H,1-2H3,(H,25,26);2-9,14H,1H3,(H2,19,20,21);7-8,10H,4-6H2,1-3H3;5H,3H2,1-2H3/t22-,23+,25-,29+;19-,22+;17-,20+;14-,16+;7-,8+;/m11111./s1. The first-order valence-electron chi connectivity index (χ1n) is 44.7. The summed E-state index contributed by atoms with van der Waals surface area (Å²) in [6, 6.07) is 61.9. The van der Waals surface area contributed by atoms with Gasteiger partial charge in [-0.25, -0.2) is 29.4 Å². The molecule has 0 spiro atoms. The number of nitrogens with one attached hydrogen (secondary N) is 3. The first-order chi connectivity index (χ1) is 64.9. The van der Waals surface area contributed by atoms with Crippen molar-refractivity contribution in [1.29, 1.82) is 0 Å². The number of fused-ring (bicyclic) bond motifs is 3. The quantitative estimate of drug-likeness (QED) is 0.0254. The zero-order valence-electron chi connectivity index (χ0n) is 78.5. The number of amidine groups is 3. The van der Waals surface area contributed by atoms with Gasteiger partial charge in [-0.15, -0.1) is 11.6 Å². The van der Waals surface area contributed by atoms with Gasteiger partial charge in [0.15, 0.2) is 31.8 Å². The molecule has 13 atom stereocenters. The molecule has 3 amide bonds. The number of hydrogen-bond donors (Lipinski definition) is 4. The van der Waals surface area contributed by atoms with E-state index in [1.165, 1.54) is 42.2 Å². The molecule has 9 aliphatic heterocycles. The molecule has 0 aromatic heterocycles. The molecule has 1 unspecified atom stereocenters. The Morgan fingerprint density at radius 3 is 1.15 bits per heavy atom. The number of aliphatic imine (C=N–C) groups is 3. The summed E-state index contributed by atoms with van der Waals surface area (Å²) in [6.45, 7) is 23.7. The Morgan fingerprint density at radius 1 is 0.467 bits per heavy atom. The van der Waals surface area contributed by atoms with Crippen LogP contribution in [0.3, 0.4) is 0 Å². The number of halogens is 9. The van der Waals surface area contributed by atoms with E-state index in [0.29, 0.717) is 79.9 Å². The highest BCUT2D eigenvalue weighted by atomic mass is 35.5. The van der Waals surface area contributed by atoms with E-state index in [-0.39, 0.29) is 77.9 Å². The van der Waals surface area contributed by atoms with Crippen molar-refractivity contribution in [2.75, 3.05) is 41.4 Å². The van der Waals surface area contributed by atoms with Crippen LogP contribution in [-0.2, 0) is 65.2 Å². The minimum atomic E-state index is -1.14. The summed E-state index contributed by atoms with van der Waals surface area (Å²) in [7, 11) is 7.11. The number of ether oxygens (including phenoxy) is 2. The molecular formula is C102H109Cl9N12O10S4. The Kier molecular flexibility index (Phi) is 35.8. The highest BCUT2D eigenvalue weighted by Gasteiger charge is 2.57. The number of alkyl halides is 1. The van der Waals surface area contributed by atoms with Gasteiger partial charge in [0, 0.05) is 97.5 Å². The first-order valence-corrected chi connectivity index (χ1v) is 51.0. The number of aliphatic carboxylic acids is 1. The van der Waals surface area contributed by atoms with Gasteiger partial charge >= 0.3 is 17.9 Å². The average Bonchev–Trinajstić information content (AvgIpc) is 1.56. The van der Waals surface area contributed by atoms with Crippen molar-refractivity contribution in [2.45, 2.75) is 197 Å². The summed E-state index contributed by atoms with van der Waals surface area (Å²) in [5, 5.41) is 26.8. The zero-order chi connectivity index (χ0) is 99.8. The maximum absolute atomic E-state index is 14.1. The molecule has 3 fully saturated rings. The number of allylic oxidation sites excluding steroid dienone is 3. The van der Waals surface area contributed by atoms with Crippen molar-refractivity contribution in [1.82, 2.24) is 45.3 Å². The van der Waals surface area contributed by atoms with Crippen LogP contribution in [0.2, 0.25) is 40.2 Å². The fourth-order valence-corrected chi connectivity index (χ4v) is 23.1. The lowest BCUT2D eigenvalue weighted by Crippen LogP contribution is -2.48. The van der Waals surface area contributed by atoms with E-state index in [1.54, 1.807) is 37.7 Å². The van der Waals surface area contributed by atoms with Crippen LogP contribution >= 0.6 is 152 Å². The van der Waals surface area contributed by atoms with Gasteiger partial charge in [-0.3, -0.25) is 19.2 Å². The van der Waals surface area contributed by atoms with Gasteiger partial charge in [-0.05, 0) is 297 Å². The van der Waals surface area contributed by atoms with Crippen molar-refractivity contribution in [3.05, 3.63) is 311 Å². The summed E-state index contributed by atoms with van der Waals surface area (Å²) >= 11 is 63.4. The number of thiocarbonyl (C=S) groups is 1. The molecule has 724 valence electrons. The minimum Gasteiger partial charge on any atom is -0.477 e. The molecule has 8 aromatic rings. The summed E-state index contributed by atoms with van der Waals surface area (Å²) in [6.07, 6.45) is 5.58. The molecule has 0 saturated carbocycles. The first kappa shape index (κ1) is 107. The van der Waals surface area contributed by atoms with E-state index in [9.17, 15) is 38.7 Å². The highest BCUT2D eigenvalue weighted by molar-refractivity contribution is 8.18. The molecule has 17 rings (SSSR count). The van der Waals surface area contributed by atoms with Crippen LogP contribution in [0.5, 0.6) is 0 Å². The largest absolute Gasteiger partial charge is 0.477 e. The van der Waals surface area contributed by atoms with Crippen molar-refractivity contribution in [2.24, 2.45) is 15.0 Å². The summed E-state index contributed by atoms with van der Waals surface area (Å²) in [4.78, 5) is 112. The Hall–Kier alpha value is -8.81. The lowest BCUT2D eigenvalue weighted by atomic mass is 9.81. The Bertz CT molecular complexity index is 6030. The fraction of sp³-hybridized carbons (Fsp3) is 0.363. The van der Waals surface area contributed by atoms with Crippen LogP contribution in [-0.4, -0.2) is 167 Å². The minimum absolute atomic E-state index is 0.0252. The Labute approximate surface area is 864 Å². The Balaban J connectivity index is 0.000000155. The molecule has 0 bridgehead atoms. The van der Waals surface area contributed by atoms with Gasteiger partial charge in [0.2, 0.25) is 11.8 Å². The summed E-state index contributed by atoms with van der Waals surface area (Å²) < 4.78 is 9.71. The van der Waals surface area contributed by atoms with E-state index in [4.69, 9.17) is 136 Å². The predicted molar refractivity (Wildman–Crippen MR) is 562 cm³/mol. The predicted octanol–water partition coefficient (Wildman–Crippen LogP) is 24.1. The normalized spacial score (nSPS) is 24.3. The van der Waals surface area contributed by atoms with E-state index in [1.807, 2.05) is 239 Å². The van der Waals surface area contributed by atoms with Crippen molar-refractivity contribution in [3.8, 4) is 0 Å². The molecule has 3 saturated heterocycles. The molecule has 0 aliphatic carbocycles. The van der Waals surface area contributed by atoms with Crippen LogP contribution in [0.15, 0.2) is 241 Å². The number of benzene rings is 8. The smallest absolute Gasteiger partial charge is 0.346 e. The third-order valence-corrected chi connectivity index (χ3v) is 31.6. The van der Waals surface area contributed by atoms with Crippen molar-refractivity contribution >= 4 is 214 Å². The summed E-state index contributed by atoms with van der Waals surface area (Å²) in [5.41, 5.74) is 8.79. The lowest BCUT2D eigenvalue weighted by Gasteiger charge is -2.36. The summed E-state index contributed by atoms with van der Waals surface area (Å²) in [5.74, 6) is -2.20. The van der Waals surface area contributed by atoms with Crippen molar-refractivity contribution < 1.29 is 48.1 Å². The van der Waals surface area contributed by atoms with Crippen LogP contribution in [0.25, 0.3) is 0 Å². The molecule has 9 heterocycles. The van der Waals surface area contributed by atoms with Gasteiger partial charge in [0.25, 0.3) is 5.91 Å². The third kappa shape index (κ3) is 23.5. The topological polar surface area (TPSA) is 251 Å². The van der Waals surface area contributed by atoms with Gasteiger partial charge < -0.3 is 59.9 Å². The highest BCUT2D eigenvalue weighted by Crippen LogP contribution is 2.59. The second kappa shape index (κ2) is 45.8. The lowest BCUT2D eigenvalue weighted by molar-refractivity contribution is -0.145. The van der Waals surface area contributed by atoms with Crippen LogP contribution in [0.4, 0.5) is 0 Å². The number of rotatable bonds is 19. The number of ketones is 1. The number of amides is 3. The van der Waals surface area contributed by atoms with Gasteiger partial charge in [0.1, 0.15) is 32.5 Å². The number of hydrogen-bond acceptors (Lipinski definition) is 20. The number of esters is 2. The molecule has 35 heteroatoms. The maximum Gasteiger partial charge on any atom is 0.346 e. The van der Waals surface area contributed by atoms with Gasteiger partial charge in [0.05, 0.1) is 53.9 Å². The van der Waals surface area contributed by atoms with E-state index in [0.717, 1.165) is 108 Å². The number of nitrogens with zero attached hydrogens (tertiary/aromatic N) is 9. The molecule has 4 N–H and O–H groups in total. The van der Waals surface area contributed by atoms with E-state index < -0.39 is 40.0 Å². The van der Waals surface area contributed by atoms with Gasteiger partial charge in [-0.1, -0.05) is 204 Å². The number of carboxylic acids is 1. The number of Topliss-reactive ketones (excluding diaryl/α,β-unsaturated/α-hetero) is 1. The number of likely N-dealkylation sites (tertiary alicyclic amines) is 1. The fourth-order valence-electron chi connectivity index (χ4n) is 18.2. The molecule has 22 nitrogen and oxygen atoms in total. The average molecular weight is 2110 g/mol. The molecule has 9 aliphatic rings. The number of carbonyl (C=O) groups excluding carboxylic acids is 6. The maximum atomic E-state index is 14.1. The molecule has 0 radical (unpaired) electrons. The van der Waals surface area contributed by atoms with Crippen LogP contribution < -0.4 is 16.0 Å². The number of likely N-dealkylation sites (N-methyl/N-ethyl adjacent to an activating group) is 2. The SMILES string of the molecule is CC1=C(C(=O)O)SC2=N[C@@](C)(c3ccc(Cl)cc3)[C@@H](c3ccc(Cl)cc3)N21.CCOC(=O)C(Cl)C(C)=O.CCOC(=O)C1=C(C)N2C(=N[C@@](C)(c3ccc(Cl)cc3)[C@H]2c2ccc(Cl)cc2)S1.CC[C@@H]1CC[C@@H](C(=O)N(C)C)N1.CC[C@@H]1CC[C@@H](C(=O)N(C)C)N1C(=O)C1=C(C)N2C(=N[C@@](C)(c3ccc(Cl)cc3)[C@H]2c2ccc(Cl)cc2)S1.C[C@@]1(c2ccc(Cl)cc2)NC(=S)N[C@@H]1c1ccc(Cl)cc1. The number of carbonyl (C=O) groups is 7. The second-order valence-electron chi connectivity index (χ2n) is 34.9. The van der Waals surface area contributed by atoms with Gasteiger partial charge in [-0.2, -0.15) is 0 Å². The Morgan fingerprint density at radius 2 is 0.810 bits per heavy atom. The van der Waals surface area contributed by atoms with Crippen molar-refractivity contribution in [3.63, 3.8) is 0 Å². The number of thioether (sulfide) groups is 3. The second-order valence-corrected chi connectivity index (χ2v) is 42.2. The zero-order valence-corrected chi connectivity index (χ0v) is 88.6. The van der Waals surface area contributed by atoms with Crippen LogP contribution in [0, 0.1) is 0 Å². The van der Waals surface area contributed by atoms with E-state index >= 15 is 0 Å². The third-order valence-electron chi connectivity index (χ3n) is 25.4. The molecule has 8 aromatic carbocycles. The monoisotopic (exact) mass is 2100 g/mol.